The summed E-state index contributed by atoms with van der Waals surface area (Å²) in [5, 5.41) is 10.2. The molecule has 3 rings (SSSR count). The van der Waals surface area contributed by atoms with E-state index in [0.717, 1.165) is 12.1 Å². The van der Waals surface area contributed by atoms with Crippen molar-refractivity contribution in [1.82, 2.24) is 29.7 Å². The van der Waals surface area contributed by atoms with E-state index >= 15 is 0 Å². The standard InChI is InChI=1S/C15H18N8OS/c1-2-8-23-14(24)21-22-15(23)25-9-11-18-12(16)20-13(19-11)17-10-6-4-3-5-7-10/h3-7H,2,8-9H2,1H3,(H,21,24)(H3,16,17,18,19,20). The molecule has 2 heterocycles. The number of hydrogen-bond acceptors (Lipinski definition) is 8. The molecule has 0 saturated heterocycles. The predicted molar refractivity (Wildman–Crippen MR) is 96.7 cm³/mol. The number of nitrogens with zero attached hydrogens (tertiary/aromatic N) is 5. The SMILES string of the molecule is CCCn1c(SCc2nc(N)nc(Nc3ccccc3)n2)n[nH]c1=O. The Kier molecular flexibility index (Phi) is 5.29. The van der Waals surface area contributed by atoms with E-state index in [0.29, 0.717) is 29.2 Å². The van der Waals surface area contributed by atoms with E-state index in [1.54, 1.807) is 4.57 Å². The molecule has 0 fully saturated rings. The Morgan fingerprint density at radius 2 is 2.04 bits per heavy atom. The maximum atomic E-state index is 11.7. The fraction of sp³-hybridized carbons (Fsp3) is 0.267. The third-order valence-electron chi connectivity index (χ3n) is 3.23. The number of hydrogen-bond donors (Lipinski definition) is 3. The molecule has 0 atom stereocenters. The van der Waals surface area contributed by atoms with Gasteiger partial charge >= 0.3 is 5.69 Å². The summed E-state index contributed by atoms with van der Waals surface area (Å²) in [6.45, 7) is 2.61. The number of nitrogens with two attached hydrogens (primary N) is 1. The zero-order valence-electron chi connectivity index (χ0n) is 13.6. The number of H-pyrrole nitrogens is 1. The molecular formula is C15H18N8OS. The number of anilines is 3. The molecule has 9 nitrogen and oxygen atoms in total. The van der Waals surface area contributed by atoms with E-state index in [9.17, 15) is 4.79 Å². The Bertz CT molecular complexity index is 892. The van der Waals surface area contributed by atoms with Crippen LogP contribution in [-0.2, 0) is 12.3 Å². The lowest BCUT2D eigenvalue weighted by Gasteiger charge is -2.07. The van der Waals surface area contributed by atoms with Crippen molar-refractivity contribution in [3.63, 3.8) is 0 Å². The lowest BCUT2D eigenvalue weighted by molar-refractivity contribution is 0.603. The molecule has 3 aromatic rings. The minimum absolute atomic E-state index is 0.136. The Morgan fingerprint density at radius 1 is 1.24 bits per heavy atom. The smallest absolute Gasteiger partial charge is 0.343 e. The molecule has 0 aliphatic rings. The molecule has 25 heavy (non-hydrogen) atoms. The number of aromatic amines is 1. The molecule has 0 unspecified atom stereocenters. The summed E-state index contributed by atoms with van der Waals surface area (Å²) in [5.41, 5.74) is 6.42. The summed E-state index contributed by atoms with van der Waals surface area (Å²) in [6.07, 6.45) is 0.844. The summed E-state index contributed by atoms with van der Waals surface area (Å²) in [4.78, 5) is 24.3. The van der Waals surface area contributed by atoms with Crippen molar-refractivity contribution in [2.24, 2.45) is 0 Å². The van der Waals surface area contributed by atoms with Crippen LogP contribution >= 0.6 is 11.8 Å². The van der Waals surface area contributed by atoms with E-state index in [2.05, 4.69) is 30.5 Å². The molecule has 0 spiro atoms. The van der Waals surface area contributed by atoms with E-state index < -0.39 is 0 Å². The van der Waals surface area contributed by atoms with E-state index in [4.69, 9.17) is 5.73 Å². The third-order valence-corrected chi connectivity index (χ3v) is 4.20. The zero-order valence-corrected chi connectivity index (χ0v) is 14.5. The summed E-state index contributed by atoms with van der Waals surface area (Å²) < 4.78 is 1.60. The van der Waals surface area contributed by atoms with Crippen LogP contribution in [0.2, 0.25) is 0 Å². The van der Waals surface area contributed by atoms with Crippen LogP contribution in [0.25, 0.3) is 0 Å². The molecular weight excluding hydrogens is 340 g/mol. The largest absolute Gasteiger partial charge is 0.368 e. The maximum absolute atomic E-state index is 11.7. The second-order valence-electron chi connectivity index (χ2n) is 5.18. The van der Waals surface area contributed by atoms with Gasteiger partial charge in [-0.15, -0.1) is 5.10 Å². The average Bonchev–Trinajstić information content (AvgIpc) is 2.94. The van der Waals surface area contributed by atoms with Gasteiger partial charge in [-0.25, -0.2) is 9.89 Å². The van der Waals surface area contributed by atoms with Gasteiger partial charge in [0.05, 0.1) is 5.75 Å². The van der Waals surface area contributed by atoms with Gasteiger partial charge in [0.1, 0.15) is 5.82 Å². The molecule has 0 radical (unpaired) electrons. The van der Waals surface area contributed by atoms with Crippen LogP contribution < -0.4 is 16.7 Å². The van der Waals surface area contributed by atoms with Crippen molar-refractivity contribution in [2.45, 2.75) is 30.8 Å². The lowest BCUT2D eigenvalue weighted by atomic mass is 10.3. The van der Waals surface area contributed by atoms with Crippen LogP contribution in [0.15, 0.2) is 40.3 Å². The summed E-state index contributed by atoms with van der Waals surface area (Å²) in [5.74, 6) is 1.44. The Morgan fingerprint density at radius 3 is 2.80 bits per heavy atom. The average molecular weight is 358 g/mol. The minimum Gasteiger partial charge on any atom is -0.368 e. The normalized spacial score (nSPS) is 10.8. The van der Waals surface area contributed by atoms with Gasteiger partial charge in [0.15, 0.2) is 5.16 Å². The van der Waals surface area contributed by atoms with Crippen LogP contribution in [-0.4, -0.2) is 29.7 Å². The second kappa shape index (κ2) is 7.79. The topological polar surface area (TPSA) is 127 Å². The molecule has 10 heteroatoms. The number of para-hydroxylation sites is 1. The summed E-state index contributed by atoms with van der Waals surface area (Å²) in [7, 11) is 0. The van der Waals surface area contributed by atoms with Gasteiger partial charge in [0.25, 0.3) is 0 Å². The van der Waals surface area contributed by atoms with E-state index in [1.807, 2.05) is 37.3 Å². The number of rotatable bonds is 7. The molecule has 0 saturated carbocycles. The first-order chi connectivity index (χ1) is 12.2. The Balaban J connectivity index is 1.74. The monoisotopic (exact) mass is 358 g/mol. The molecule has 0 aliphatic heterocycles. The second-order valence-corrected chi connectivity index (χ2v) is 6.12. The Labute approximate surface area is 148 Å². The lowest BCUT2D eigenvalue weighted by Crippen LogP contribution is -2.17. The zero-order chi connectivity index (χ0) is 17.6. The summed E-state index contributed by atoms with van der Waals surface area (Å²) in [6, 6.07) is 9.56. The highest BCUT2D eigenvalue weighted by Gasteiger charge is 2.11. The van der Waals surface area contributed by atoms with Gasteiger partial charge in [-0.3, -0.25) is 4.57 Å². The van der Waals surface area contributed by atoms with Gasteiger partial charge in [0, 0.05) is 12.2 Å². The molecule has 0 amide bonds. The van der Waals surface area contributed by atoms with Crippen molar-refractivity contribution in [3.8, 4) is 0 Å². The maximum Gasteiger partial charge on any atom is 0.343 e. The summed E-state index contributed by atoms with van der Waals surface area (Å²) >= 11 is 1.37. The first-order valence-electron chi connectivity index (χ1n) is 7.76. The molecule has 1 aromatic carbocycles. The fourth-order valence-corrected chi connectivity index (χ4v) is 3.00. The molecule has 4 N–H and O–H groups in total. The molecule has 130 valence electrons. The van der Waals surface area contributed by atoms with Gasteiger partial charge in [-0.2, -0.15) is 15.0 Å². The first kappa shape index (κ1) is 17.0. The molecule has 2 aromatic heterocycles. The van der Waals surface area contributed by atoms with Crippen molar-refractivity contribution in [3.05, 3.63) is 46.6 Å². The first-order valence-corrected chi connectivity index (χ1v) is 8.74. The number of thioether (sulfide) groups is 1. The van der Waals surface area contributed by atoms with Crippen LogP contribution in [0.3, 0.4) is 0 Å². The molecule has 0 aliphatic carbocycles. The number of nitrogens with one attached hydrogen (secondary N) is 2. The predicted octanol–water partition coefficient (Wildman–Crippen LogP) is 1.78. The van der Waals surface area contributed by atoms with Gasteiger partial charge in [-0.05, 0) is 18.6 Å². The van der Waals surface area contributed by atoms with Gasteiger partial charge < -0.3 is 11.1 Å². The van der Waals surface area contributed by atoms with Crippen molar-refractivity contribution >= 4 is 29.3 Å². The van der Waals surface area contributed by atoms with Crippen molar-refractivity contribution < 1.29 is 0 Å². The fourth-order valence-electron chi connectivity index (χ4n) is 2.17. The third kappa shape index (κ3) is 4.35. The highest BCUT2D eigenvalue weighted by molar-refractivity contribution is 7.98. The van der Waals surface area contributed by atoms with Crippen molar-refractivity contribution in [2.75, 3.05) is 11.1 Å². The number of benzene rings is 1. The van der Waals surface area contributed by atoms with Gasteiger partial charge in [0.2, 0.25) is 11.9 Å². The molecule has 0 bridgehead atoms. The van der Waals surface area contributed by atoms with Gasteiger partial charge in [-0.1, -0.05) is 36.9 Å². The highest BCUT2D eigenvalue weighted by atomic mass is 32.2. The highest BCUT2D eigenvalue weighted by Crippen LogP contribution is 2.19. The van der Waals surface area contributed by atoms with Crippen LogP contribution in [0.5, 0.6) is 0 Å². The van der Waals surface area contributed by atoms with Crippen LogP contribution in [0.1, 0.15) is 19.2 Å². The Hall–Kier alpha value is -2.88. The van der Waals surface area contributed by atoms with Crippen LogP contribution in [0.4, 0.5) is 17.6 Å². The number of nitrogen functional groups attached to an aromatic ring is 1. The van der Waals surface area contributed by atoms with Crippen LogP contribution in [0, 0.1) is 0 Å². The minimum atomic E-state index is -0.217. The van der Waals surface area contributed by atoms with E-state index in [-0.39, 0.29) is 11.6 Å². The van der Waals surface area contributed by atoms with Crippen molar-refractivity contribution in [1.29, 1.82) is 0 Å². The quantitative estimate of drug-likeness (QED) is 0.545. The van der Waals surface area contributed by atoms with E-state index in [1.165, 1.54) is 11.8 Å². The number of aromatic nitrogens is 6.